The molecule has 1 fully saturated rings. The summed E-state index contributed by atoms with van der Waals surface area (Å²) in [5.74, 6) is 7.74. The Morgan fingerprint density at radius 1 is 1.16 bits per heavy atom. The van der Waals surface area contributed by atoms with Crippen molar-refractivity contribution in [2.24, 2.45) is 11.7 Å². The highest BCUT2D eigenvalue weighted by atomic mass is 16.5. The van der Waals surface area contributed by atoms with E-state index < -0.39 is 0 Å². The molecule has 102 valence electrons. The lowest BCUT2D eigenvalue weighted by Gasteiger charge is -2.28. The Balaban J connectivity index is 1.86. The van der Waals surface area contributed by atoms with Crippen LogP contribution < -0.4 is 10.5 Å². The number of rotatable bonds is 3. The summed E-state index contributed by atoms with van der Waals surface area (Å²) in [6, 6.07) is 8.00. The number of ether oxygens (including phenoxy) is 1. The standard InChI is InChI=1S/C17H23NO/c1-2-14-5-9-16(10-6-14)19-17-11-7-15(8-12-17)4-3-13-18/h7-8,11-12,14,16H,2,5-6,9-10,13,18H2,1H3. The monoisotopic (exact) mass is 257 g/mol. The van der Waals surface area contributed by atoms with E-state index in [0.29, 0.717) is 12.6 Å². The van der Waals surface area contributed by atoms with Crippen molar-refractivity contribution in [1.82, 2.24) is 0 Å². The van der Waals surface area contributed by atoms with E-state index in [1.54, 1.807) is 0 Å². The average Bonchev–Trinajstić information content (AvgIpc) is 2.47. The maximum absolute atomic E-state index is 6.03. The molecule has 0 saturated heterocycles. The van der Waals surface area contributed by atoms with E-state index >= 15 is 0 Å². The van der Waals surface area contributed by atoms with E-state index in [4.69, 9.17) is 10.5 Å². The summed E-state index contributed by atoms with van der Waals surface area (Å²) < 4.78 is 6.03. The van der Waals surface area contributed by atoms with Crippen LogP contribution in [-0.2, 0) is 0 Å². The van der Waals surface area contributed by atoms with Gasteiger partial charge in [0.15, 0.2) is 0 Å². The number of hydrogen-bond donors (Lipinski definition) is 1. The number of benzene rings is 1. The van der Waals surface area contributed by atoms with Crippen LogP contribution in [0.5, 0.6) is 5.75 Å². The van der Waals surface area contributed by atoms with Gasteiger partial charge >= 0.3 is 0 Å². The van der Waals surface area contributed by atoms with Crippen LogP contribution >= 0.6 is 0 Å². The largest absolute Gasteiger partial charge is 0.490 e. The molecular weight excluding hydrogens is 234 g/mol. The van der Waals surface area contributed by atoms with Crippen molar-refractivity contribution in [1.29, 1.82) is 0 Å². The highest BCUT2D eigenvalue weighted by Crippen LogP contribution is 2.29. The molecule has 1 saturated carbocycles. The zero-order valence-corrected chi connectivity index (χ0v) is 11.7. The normalized spacial score (nSPS) is 22.4. The Bertz CT molecular complexity index is 433. The van der Waals surface area contributed by atoms with Gasteiger partial charge in [-0.05, 0) is 55.9 Å². The Kier molecular flexibility index (Phi) is 5.30. The van der Waals surface area contributed by atoms with E-state index in [1.807, 2.05) is 24.3 Å². The Hall–Kier alpha value is -1.46. The zero-order chi connectivity index (χ0) is 13.5. The highest BCUT2D eigenvalue weighted by Gasteiger charge is 2.20. The molecule has 1 aliphatic rings. The van der Waals surface area contributed by atoms with Crippen LogP contribution in [0.15, 0.2) is 24.3 Å². The molecule has 2 nitrogen and oxygen atoms in total. The SMILES string of the molecule is CCC1CCC(Oc2ccc(C#CCN)cc2)CC1. The summed E-state index contributed by atoms with van der Waals surface area (Å²) in [5.41, 5.74) is 6.35. The first-order valence-corrected chi connectivity index (χ1v) is 7.27. The maximum atomic E-state index is 6.03. The van der Waals surface area contributed by atoms with Gasteiger partial charge in [0.05, 0.1) is 12.6 Å². The predicted octanol–water partition coefficient (Wildman–Crippen LogP) is 3.34. The summed E-state index contributed by atoms with van der Waals surface area (Å²) in [6.07, 6.45) is 6.69. The van der Waals surface area contributed by atoms with Gasteiger partial charge in [0.2, 0.25) is 0 Å². The quantitative estimate of drug-likeness (QED) is 0.843. The van der Waals surface area contributed by atoms with Crippen molar-refractivity contribution in [2.45, 2.75) is 45.1 Å². The summed E-state index contributed by atoms with van der Waals surface area (Å²) in [6.45, 7) is 2.69. The molecule has 2 rings (SSSR count). The molecule has 2 N–H and O–H groups in total. The maximum Gasteiger partial charge on any atom is 0.119 e. The highest BCUT2D eigenvalue weighted by molar-refractivity contribution is 5.38. The van der Waals surface area contributed by atoms with Crippen molar-refractivity contribution < 1.29 is 4.74 Å². The Labute approximate surface area is 116 Å². The third-order valence-electron chi connectivity index (χ3n) is 3.86. The third kappa shape index (κ3) is 4.29. The molecular formula is C17H23NO. The molecule has 0 spiro atoms. The Morgan fingerprint density at radius 2 is 1.84 bits per heavy atom. The minimum absolute atomic E-state index is 0.392. The Morgan fingerprint density at radius 3 is 2.42 bits per heavy atom. The van der Waals surface area contributed by atoms with Crippen molar-refractivity contribution in [2.75, 3.05) is 6.54 Å². The molecule has 0 heterocycles. The van der Waals surface area contributed by atoms with Crippen LogP contribution in [0.2, 0.25) is 0 Å². The van der Waals surface area contributed by atoms with Crippen LogP contribution in [0.1, 0.15) is 44.6 Å². The molecule has 0 atom stereocenters. The van der Waals surface area contributed by atoms with E-state index in [9.17, 15) is 0 Å². The second kappa shape index (κ2) is 7.21. The van der Waals surface area contributed by atoms with Crippen molar-refractivity contribution in [3.05, 3.63) is 29.8 Å². The fourth-order valence-corrected chi connectivity index (χ4v) is 2.62. The first-order valence-electron chi connectivity index (χ1n) is 7.27. The minimum atomic E-state index is 0.392. The number of hydrogen-bond acceptors (Lipinski definition) is 2. The van der Waals surface area contributed by atoms with Crippen molar-refractivity contribution in [3.63, 3.8) is 0 Å². The molecule has 2 heteroatoms. The van der Waals surface area contributed by atoms with Gasteiger partial charge in [0.25, 0.3) is 0 Å². The third-order valence-corrected chi connectivity index (χ3v) is 3.86. The van der Waals surface area contributed by atoms with Gasteiger partial charge in [-0.15, -0.1) is 0 Å². The fraction of sp³-hybridized carbons (Fsp3) is 0.529. The molecule has 1 aromatic rings. The van der Waals surface area contributed by atoms with Crippen molar-refractivity contribution in [3.8, 4) is 17.6 Å². The van der Waals surface area contributed by atoms with E-state index in [1.165, 1.54) is 32.1 Å². The van der Waals surface area contributed by atoms with Crippen LogP contribution in [0.3, 0.4) is 0 Å². The zero-order valence-electron chi connectivity index (χ0n) is 11.7. The molecule has 1 aromatic carbocycles. The first kappa shape index (κ1) is 14.0. The van der Waals surface area contributed by atoms with Gasteiger partial charge in [-0.3, -0.25) is 0 Å². The number of nitrogens with two attached hydrogens (primary N) is 1. The second-order valence-electron chi connectivity index (χ2n) is 5.20. The molecule has 0 bridgehead atoms. The van der Waals surface area contributed by atoms with Crippen LogP contribution in [0.4, 0.5) is 0 Å². The summed E-state index contributed by atoms with van der Waals surface area (Å²) in [5, 5.41) is 0. The molecule has 19 heavy (non-hydrogen) atoms. The van der Waals surface area contributed by atoms with Crippen LogP contribution in [-0.4, -0.2) is 12.6 Å². The van der Waals surface area contributed by atoms with E-state index in [2.05, 4.69) is 18.8 Å². The molecule has 0 amide bonds. The van der Waals surface area contributed by atoms with Crippen LogP contribution in [0, 0.1) is 17.8 Å². The van der Waals surface area contributed by atoms with Gasteiger partial charge in [0.1, 0.15) is 5.75 Å². The van der Waals surface area contributed by atoms with E-state index in [0.717, 1.165) is 17.2 Å². The van der Waals surface area contributed by atoms with Crippen molar-refractivity contribution >= 4 is 0 Å². The smallest absolute Gasteiger partial charge is 0.119 e. The van der Waals surface area contributed by atoms with Gasteiger partial charge < -0.3 is 10.5 Å². The predicted molar refractivity (Wildman–Crippen MR) is 79.0 cm³/mol. The van der Waals surface area contributed by atoms with Gasteiger partial charge in [0, 0.05) is 5.56 Å². The first-order chi connectivity index (χ1) is 9.31. The van der Waals surface area contributed by atoms with Gasteiger partial charge in [-0.25, -0.2) is 0 Å². The van der Waals surface area contributed by atoms with Gasteiger partial charge in [-0.1, -0.05) is 25.2 Å². The average molecular weight is 257 g/mol. The second-order valence-corrected chi connectivity index (χ2v) is 5.20. The lowest BCUT2D eigenvalue weighted by Crippen LogP contribution is -2.23. The summed E-state index contributed by atoms with van der Waals surface area (Å²) >= 11 is 0. The van der Waals surface area contributed by atoms with E-state index in [-0.39, 0.29) is 0 Å². The molecule has 1 aliphatic carbocycles. The lowest BCUT2D eigenvalue weighted by atomic mass is 9.86. The summed E-state index contributed by atoms with van der Waals surface area (Å²) in [4.78, 5) is 0. The fourth-order valence-electron chi connectivity index (χ4n) is 2.62. The molecule has 0 aromatic heterocycles. The minimum Gasteiger partial charge on any atom is -0.490 e. The summed E-state index contributed by atoms with van der Waals surface area (Å²) in [7, 11) is 0. The topological polar surface area (TPSA) is 35.2 Å². The lowest BCUT2D eigenvalue weighted by molar-refractivity contribution is 0.130. The molecule has 0 aliphatic heterocycles. The van der Waals surface area contributed by atoms with Crippen LogP contribution in [0.25, 0.3) is 0 Å². The molecule has 0 unspecified atom stereocenters. The molecule has 0 radical (unpaired) electrons. The van der Waals surface area contributed by atoms with Gasteiger partial charge in [-0.2, -0.15) is 0 Å².